The van der Waals surface area contributed by atoms with Crippen LogP contribution in [0.4, 0.5) is 0 Å². The van der Waals surface area contributed by atoms with Gasteiger partial charge in [-0.1, -0.05) is 12.8 Å². The third-order valence-corrected chi connectivity index (χ3v) is 6.76. The molecule has 2 aliphatic heterocycles. The van der Waals surface area contributed by atoms with E-state index in [-0.39, 0.29) is 0 Å². The van der Waals surface area contributed by atoms with E-state index in [1.165, 1.54) is 58.3 Å². The summed E-state index contributed by atoms with van der Waals surface area (Å²) in [6.45, 7) is 5.57. The van der Waals surface area contributed by atoms with Crippen molar-refractivity contribution in [1.82, 2.24) is 9.80 Å². The Morgan fingerprint density at radius 3 is 1.84 bits per heavy atom. The minimum atomic E-state index is -1.82. The van der Waals surface area contributed by atoms with Gasteiger partial charge in [-0.2, -0.15) is 0 Å². The number of carboxylic acids is 2. The first-order valence-corrected chi connectivity index (χ1v) is 9.99. The summed E-state index contributed by atoms with van der Waals surface area (Å²) < 4.78 is 0. The standard InChI is InChI=1S/C17H30N2.C2H2O4/c1-2-8-18(9-3-1)16-6-10-19(11-7-16)17-13-14-4-5-15(17)12-14;3-1(4)2(5)6/h14-17H,1-13H2;(H,3,4)(H,5,6). The number of hydrogen-bond acceptors (Lipinski definition) is 4. The van der Waals surface area contributed by atoms with Gasteiger partial charge in [0.2, 0.25) is 0 Å². The zero-order chi connectivity index (χ0) is 17.8. The molecular weight excluding hydrogens is 320 g/mol. The summed E-state index contributed by atoms with van der Waals surface area (Å²) in [6.07, 6.45) is 13.5. The molecule has 4 aliphatic rings. The van der Waals surface area contributed by atoms with Crippen LogP contribution in [0.1, 0.15) is 57.8 Å². The van der Waals surface area contributed by atoms with Crippen LogP contribution in [0.25, 0.3) is 0 Å². The first kappa shape index (κ1) is 18.6. The Labute approximate surface area is 150 Å². The zero-order valence-corrected chi connectivity index (χ0v) is 15.1. The fraction of sp³-hybridized carbons (Fsp3) is 0.895. The number of nitrogens with zero attached hydrogens (tertiary/aromatic N) is 2. The van der Waals surface area contributed by atoms with Gasteiger partial charge in [0.15, 0.2) is 0 Å². The van der Waals surface area contributed by atoms with Gasteiger partial charge in [0.25, 0.3) is 0 Å². The molecule has 0 spiro atoms. The van der Waals surface area contributed by atoms with Crippen molar-refractivity contribution >= 4 is 11.9 Å². The molecule has 2 saturated heterocycles. The summed E-state index contributed by atoms with van der Waals surface area (Å²) >= 11 is 0. The quantitative estimate of drug-likeness (QED) is 0.742. The molecule has 0 radical (unpaired) electrons. The summed E-state index contributed by atoms with van der Waals surface area (Å²) in [5.74, 6) is -1.46. The first-order chi connectivity index (χ1) is 12.0. The lowest BCUT2D eigenvalue weighted by atomic mass is 9.91. The summed E-state index contributed by atoms with van der Waals surface area (Å²) in [4.78, 5) is 23.9. The highest BCUT2D eigenvalue weighted by molar-refractivity contribution is 6.27. The molecule has 0 aromatic rings. The molecule has 2 N–H and O–H groups in total. The van der Waals surface area contributed by atoms with Gasteiger partial charge < -0.3 is 15.1 Å². The van der Waals surface area contributed by atoms with E-state index in [0.29, 0.717) is 0 Å². The highest BCUT2D eigenvalue weighted by Crippen LogP contribution is 2.47. The maximum atomic E-state index is 9.10. The van der Waals surface area contributed by atoms with Crippen LogP contribution >= 0.6 is 0 Å². The number of fused-ring (bicyclic) bond motifs is 2. The second-order valence-electron chi connectivity index (χ2n) is 8.22. The van der Waals surface area contributed by atoms with E-state index in [9.17, 15) is 0 Å². The van der Waals surface area contributed by atoms with Gasteiger partial charge in [0.05, 0.1) is 0 Å². The van der Waals surface area contributed by atoms with E-state index in [0.717, 1.165) is 23.9 Å². The van der Waals surface area contributed by atoms with Gasteiger partial charge in [0.1, 0.15) is 0 Å². The topological polar surface area (TPSA) is 81.1 Å². The molecule has 0 aromatic carbocycles. The Balaban J connectivity index is 0.000000265. The third-order valence-electron chi connectivity index (χ3n) is 6.76. The Morgan fingerprint density at radius 1 is 0.720 bits per heavy atom. The first-order valence-electron chi connectivity index (χ1n) is 9.99. The van der Waals surface area contributed by atoms with Crippen LogP contribution in [-0.4, -0.2) is 70.2 Å². The Morgan fingerprint density at radius 2 is 1.36 bits per heavy atom. The van der Waals surface area contributed by atoms with Crippen LogP contribution < -0.4 is 0 Å². The van der Waals surface area contributed by atoms with Crippen LogP contribution in [0.2, 0.25) is 0 Å². The number of carbonyl (C=O) groups is 2. The minimum Gasteiger partial charge on any atom is -0.473 e. The van der Waals surface area contributed by atoms with Gasteiger partial charge in [-0.05, 0) is 83.0 Å². The Bertz CT molecular complexity index is 458. The average molecular weight is 352 g/mol. The minimum absolute atomic E-state index is 0.926. The van der Waals surface area contributed by atoms with Gasteiger partial charge in [-0.25, -0.2) is 9.59 Å². The van der Waals surface area contributed by atoms with Crippen LogP contribution in [0.3, 0.4) is 0 Å². The summed E-state index contributed by atoms with van der Waals surface area (Å²) in [5.41, 5.74) is 0. The van der Waals surface area contributed by atoms with Crippen LogP contribution in [0.15, 0.2) is 0 Å². The van der Waals surface area contributed by atoms with Gasteiger partial charge in [-0.15, -0.1) is 0 Å². The molecule has 3 unspecified atom stereocenters. The molecular formula is C19H32N2O4. The smallest absolute Gasteiger partial charge is 0.414 e. The van der Waals surface area contributed by atoms with Crippen molar-refractivity contribution in [3.8, 4) is 0 Å². The SMILES string of the molecule is C1CCN(C2CCN(C3CC4CCC3C4)CC2)CC1.O=C(O)C(=O)O. The summed E-state index contributed by atoms with van der Waals surface area (Å²) in [6, 6.07) is 1.91. The lowest BCUT2D eigenvalue weighted by Crippen LogP contribution is -2.50. The molecule has 2 saturated carbocycles. The van der Waals surface area contributed by atoms with Crippen molar-refractivity contribution < 1.29 is 19.8 Å². The van der Waals surface area contributed by atoms with Crippen LogP contribution in [0, 0.1) is 11.8 Å². The Kier molecular flexibility index (Phi) is 6.34. The van der Waals surface area contributed by atoms with Crippen molar-refractivity contribution in [2.45, 2.75) is 69.9 Å². The zero-order valence-electron chi connectivity index (χ0n) is 15.1. The van der Waals surface area contributed by atoms with Crippen molar-refractivity contribution in [1.29, 1.82) is 0 Å². The number of piperidine rings is 2. The lowest BCUT2D eigenvalue weighted by Gasteiger charge is -2.43. The van der Waals surface area contributed by atoms with Crippen molar-refractivity contribution in [2.24, 2.45) is 11.8 Å². The van der Waals surface area contributed by atoms with Crippen molar-refractivity contribution in [3.05, 3.63) is 0 Å². The van der Waals surface area contributed by atoms with Gasteiger partial charge >= 0.3 is 11.9 Å². The fourth-order valence-corrected chi connectivity index (χ4v) is 5.52. The maximum Gasteiger partial charge on any atom is 0.414 e. The van der Waals surface area contributed by atoms with E-state index in [2.05, 4.69) is 9.80 Å². The highest BCUT2D eigenvalue weighted by atomic mass is 16.4. The van der Waals surface area contributed by atoms with E-state index in [1.807, 2.05) is 0 Å². The molecule has 0 aromatic heterocycles. The lowest BCUT2D eigenvalue weighted by molar-refractivity contribution is -0.159. The molecule has 2 aliphatic carbocycles. The largest absolute Gasteiger partial charge is 0.473 e. The third kappa shape index (κ3) is 4.73. The monoisotopic (exact) mass is 352 g/mol. The number of aliphatic carboxylic acids is 2. The molecule has 4 rings (SSSR count). The molecule has 6 nitrogen and oxygen atoms in total. The highest BCUT2D eigenvalue weighted by Gasteiger charge is 2.43. The van der Waals surface area contributed by atoms with E-state index < -0.39 is 11.9 Å². The molecule has 2 heterocycles. The second kappa shape index (κ2) is 8.49. The fourth-order valence-electron chi connectivity index (χ4n) is 5.52. The van der Waals surface area contributed by atoms with E-state index in [4.69, 9.17) is 19.8 Å². The molecule has 3 atom stereocenters. The van der Waals surface area contributed by atoms with Gasteiger partial charge in [0, 0.05) is 12.1 Å². The van der Waals surface area contributed by atoms with Gasteiger partial charge in [-0.3, -0.25) is 4.90 Å². The predicted molar refractivity (Wildman–Crippen MR) is 94.5 cm³/mol. The predicted octanol–water partition coefficient (Wildman–Crippen LogP) is 2.28. The number of rotatable bonds is 2. The molecule has 2 bridgehead atoms. The number of carboxylic acid groups (broad SMARTS) is 2. The number of hydrogen-bond donors (Lipinski definition) is 2. The summed E-state index contributed by atoms with van der Waals surface area (Å²) in [5, 5.41) is 14.8. The molecule has 0 amide bonds. The maximum absolute atomic E-state index is 9.10. The van der Waals surface area contributed by atoms with Crippen LogP contribution in [-0.2, 0) is 9.59 Å². The van der Waals surface area contributed by atoms with Crippen molar-refractivity contribution in [3.63, 3.8) is 0 Å². The summed E-state index contributed by atoms with van der Waals surface area (Å²) in [7, 11) is 0. The van der Waals surface area contributed by atoms with E-state index in [1.54, 1.807) is 25.7 Å². The second-order valence-corrected chi connectivity index (χ2v) is 8.22. The average Bonchev–Trinajstić information content (AvgIpc) is 3.26. The van der Waals surface area contributed by atoms with Crippen molar-refractivity contribution in [2.75, 3.05) is 26.2 Å². The van der Waals surface area contributed by atoms with E-state index >= 15 is 0 Å². The molecule has 6 heteroatoms. The Hall–Kier alpha value is -1.14. The molecule has 4 fully saturated rings. The number of likely N-dealkylation sites (tertiary alicyclic amines) is 2. The molecule has 25 heavy (non-hydrogen) atoms. The molecule has 142 valence electrons. The van der Waals surface area contributed by atoms with Crippen LogP contribution in [0.5, 0.6) is 0 Å². The normalized spacial score (nSPS) is 33.7.